The summed E-state index contributed by atoms with van der Waals surface area (Å²) in [7, 11) is 0. The molecule has 87 heavy (non-hydrogen) atoms. The predicted molar refractivity (Wildman–Crippen MR) is 262 cm³/mol. The number of rotatable bonds is 7. The molecular formula is C49H35LaMgO35Sr. The quantitative estimate of drug-likeness (QED) is 0.0521. The summed E-state index contributed by atoms with van der Waals surface area (Å²) in [6.07, 6.45) is 0. The molecule has 0 aromatic heterocycles. The SMILES string of the molecule is O=C([O-])c1cc(O)c(O)c(O)c1.O=C([O-])c1cc(O)c(O)c(O)c1.O=C([O-])c1cc(O)c(O)c(O)c1.O=C([O-])c1cc(O)c(O)c(O)c1.O=C([O-])c1cc(O)c(O)c(O)c1.O=C([O-])c1cc(O)c(O)c(O)c1.O=C([O-])c1cc(O)c(O)c(O)c1.[La+3].[Mg+2].[Sr+2]. The number of carboxylic acid groups (broad SMARTS) is 7. The van der Waals surface area contributed by atoms with E-state index >= 15 is 0 Å². The van der Waals surface area contributed by atoms with Crippen LogP contribution in [0.1, 0.15) is 72.5 Å². The molecule has 7 rings (SSSR count). The van der Waals surface area contributed by atoms with E-state index in [1.54, 1.807) is 0 Å². The van der Waals surface area contributed by atoms with Crippen molar-refractivity contribution in [3.63, 3.8) is 0 Å². The minimum atomic E-state index is -1.54. The molecule has 0 aliphatic heterocycles. The second-order valence-corrected chi connectivity index (χ2v) is 15.1. The first-order valence-electron chi connectivity index (χ1n) is 20.9. The van der Waals surface area contributed by atoms with E-state index < -0.39 is 201 Å². The number of benzene rings is 7. The average molecular weight is 1430 g/mol. The van der Waals surface area contributed by atoms with E-state index in [9.17, 15) is 69.3 Å². The summed E-state index contributed by atoms with van der Waals surface area (Å²) in [5, 5.41) is 257. The molecule has 21 N–H and O–H groups in total. The Labute approximate surface area is 561 Å². The fourth-order valence-electron chi connectivity index (χ4n) is 5.05. The van der Waals surface area contributed by atoms with E-state index in [2.05, 4.69) is 0 Å². The Morgan fingerprint density at radius 2 is 0.253 bits per heavy atom. The molecular weight excluding hydrogens is 1400 g/mol. The van der Waals surface area contributed by atoms with Crippen LogP contribution >= 0.6 is 0 Å². The molecule has 7 aromatic rings. The second-order valence-electron chi connectivity index (χ2n) is 15.1. The fraction of sp³-hybridized carbons (Fsp3) is 0. The zero-order valence-corrected chi connectivity index (χ0v) is 51.2. The fourth-order valence-corrected chi connectivity index (χ4v) is 5.05. The molecule has 0 aliphatic carbocycles. The van der Waals surface area contributed by atoms with Crippen molar-refractivity contribution in [3.05, 3.63) is 124 Å². The predicted octanol–water partition coefficient (Wildman–Crippen LogP) is -6.59. The Morgan fingerprint density at radius 1 is 0.195 bits per heavy atom. The van der Waals surface area contributed by atoms with Gasteiger partial charge in [0.1, 0.15) is 0 Å². The minimum Gasteiger partial charge on any atom is -0.545 e. The van der Waals surface area contributed by atoms with Gasteiger partial charge in [-0.25, -0.2) is 0 Å². The van der Waals surface area contributed by atoms with Gasteiger partial charge in [0, 0.05) is 38.9 Å². The number of carbonyl (C=O) groups excluding carboxylic acids is 7. The first kappa shape index (κ1) is 81.3. The van der Waals surface area contributed by atoms with Crippen molar-refractivity contribution >= 4 is 110 Å². The third kappa shape index (κ3) is 24.7. The Kier molecular flexibility index (Phi) is 33.7. The number of aromatic hydroxyl groups is 21. The van der Waals surface area contributed by atoms with Gasteiger partial charge in [-0.3, -0.25) is 0 Å². The monoisotopic (exact) mass is 1430 g/mol. The van der Waals surface area contributed by atoms with Gasteiger partial charge in [-0.2, -0.15) is 0 Å². The Morgan fingerprint density at radius 3 is 0.299 bits per heavy atom. The second kappa shape index (κ2) is 36.0. The van der Waals surface area contributed by atoms with Gasteiger partial charge in [-0.1, -0.05) is 0 Å². The van der Waals surface area contributed by atoms with Crippen molar-refractivity contribution in [1.29, 1.82) is 0 Å². The van der Waals surface area contributed by atoms with Gasteiger partial charge in [0.05, 0.1) is 41.8 Å². The first-order valence-corrected chi connectivity index (χ1v) is 20.9. The van der Waals surface area contributed by atoms with Crippen LogP contribution in [0.4, 0.5) is 0 Å². The normalized spacial score (nSPS) is 9.33. The largest absolute Gasteiger partial charge is 3.00 e. The van der Waals surface area contributed by atoms with Crippen molar-refractivity contribution in [2.24, 2.45) is 0 Å². The third-order valence-electron chi connectivity index (χ3n) is 9.14. The molecule has 0 bridgehead atoms. The summed E-state index contributed by atoms with van der Waals surface area (Å²) >= 11 is 0. The van der Waals surface area contributed by atoms with Crippen LogP contribution in [0.3, 0.4) is 0 Å². The number of phenolic OH excluding ortho intramolecular Hbond substituents is 21. The standard InChI is InChI=1S/7C7H6O5.La.Mg.Sr/c7*8-4-1-3(7(11)12)2-5(9)6(4)10;;;/h7*1-2,8-10H,(H,11,12);;;/q;;;;;;;+3;2*+2/p-7. The molecule has 448 valence electrons. The number of carbonyl (C=O) groups is 7. The van der Waals surface area contributed by atoms with Gasteiger partial charge >= 0.3 is 104 Å². The molecule has 0 heterocycles. The molecule has 0 unspecified atom stereocenters. The van der Waals surface area contributed by atoms with Crippen LogP contribution < -0.4 is 35.7 Å². The van der Waals surface area contributed by atoms with Crippen LogP contribution in [0.2, 0.25) is 0 Å². The van der Waals surface area contributed by atoms with Crippen LogP contribution in [0.5, 0.6) is 121 Å². The smallest absolute Gasteiger partial charge is 0.545 e. The van der Waals surface area contributed by atoms with Gasteiger partial charge < -0.3 is 177 Å². The molecule has 0 aliphatic rings. The molecule has 0 spiro atoms. The van der Waals surface area contributed by atoms with Gasteiger partial charge in [-0.05, 0) is 84.9 Å². The van der Waals surface area contributed by atoms with Gasteiger partial charge in [0.25, 0.3) is 0 Å². The number of carboxylic acids is 7. The van der Waals surface area contributed by atoms with Crippen molar-refractivity contribution in [3.8, 4) is 121 Å². The van der Waals surface area contributed by atoms with Crippen LogP contribution in [-0.4, -0.2) is 218 Å². The van der Waals surface area contributed by atoms with Crippen molar-refractivity contribution < 1.29 is 212 Å². The molecule has 0 radical (unpaired) electrons. The Balaban J connectivity index is -0.000000941. The molecule has 38 heteroatoms. The maximum absolute atomic E-state index is 10.2. The Bertz CT molecular complexity index is 2840. The van der Waals surface area contributed by atoms with Crippen molar-refractivity contribution in [2.75, 3.05) is 0 Å². The van der Waals surface area contributed by atoms with Crippen LogP contribution in [0, 0.1) is 35.6 Å². The number of aromatic carboxylic acids is 7. The molecule has 0 saturated carbocycles. The zero-order valence-electron chi connectivity index (χ0n) is 42.7. The third-order valence-corrected chi connectivity index (χ3v) is 9.14. The molecule has 7 aromatic carbocycles. The molecule has 0 amide bonds. The average Bonchev–Trinajstić information content (AvgIpc) is 3.40. The minimum absolute atomic E-state index is 0. The van der Waals surface area contributed by atoms with Gasteiger partial charge in [-0.15, -0.1) is 0 Å². The Hall–Kier alpha value is -9.93. The molecule has 35 nitrogen and oxygen atoms in total. The molecule has 0 saturated heterocycles. The first-order chi connectivity index (χ1) is 38.6. The summed E-state index contributed by atoms with van der Waals surface area (Å²) in [6, 6.07) is 10.9. The van der Waals surface area contributed by atoms with Gasteiger partial charge in [0.15, 0.2) is 121 Å². The zero-order chi connectivity index (χ0) is 65.1. The van der Waals surface area contributed by atoms with E-state index in [0.717, 1.165) is 84.9 Å². The van der Waals surface area contributed by atoms with E-state index in [1.807, 2.05) is 0 Å². The topological polar surface area (TPSA) is 706 Å². The summed E-state index contributed by atoms with van der Waals surface area (Å²) in [4.78, 5) is 71.4. The van der Waals surface area contributed by atoms with Crippen molar-refractivity contribution in [1.82, 2.24) is 0 Å². The number of hydrogen-bond acceptors (Lipinski definition) is 35. The molecule has 0 fully saturated rings. The van der Waals surface area contributed by atoms with Gasteiger partial charge in [0.2, 0.25) is 0 Å². The summed E-state index contributed by atoms with van der Waals surface area (Å²) in [5.41, 5.74) is -2.80. The maximum atomic E-state index is 10.2. The van der Waals surface area contributed by atoms with E-state index in [4.69, 9.17) is 107 Å². The van der Waals surface area contributed by atoms with Crippen LogP contribution in [-0.2, 0) is 0 Å². The summed E-state index contributed by atoms with van der Waals surface area (Å²) < 4.78 is 0. The van der Waals surface area contributed by atoms with E-state index in [0.29, 0.717) is 0 Å². The summed E-state index contributed by atoms with van der Waals surface area (Å²) in [5.74, 6) is -25.8. The van der Waals surface area contributed by atoms with Crippen LogP contribution in [0.15, 0.2) is 84.9 Å². The van der Waals surface area contributed by atoms with E-state index in [-0.39, 0.29) is 104 Å². The molecule has 0 atom stereocenters. The number of phenols is 21. The number of hydrogen-bond donors (Lipinski definition) is 21. The van der Waals surface area contributed by atoms with Crippen molar-refractivity contribution in [2.45, 2.75) is 0 Å². The maximum Gasteiger partial charge on any atom is 3.00 e. The summed E-state index contributed by atoms with van der Waals surface area (Å²) in [6.45, 7) is 0. The van der Waals surface area contributed by atoms with Crippen LogP contribution in [0.25, 0.3) is 0 Å². The van der Waals surface area contributed by atoms with E-state index in [1.165, 1.54) is 0 Å².